The summed E-state index contributed by atoms with van der Waals surface area (Å²) in [6.07, 6.45) is 4.10. The molecule has 1 aromatic carbocycles. The van der Waals surface area contributed by atoms with Crippen LogP contribution in [-0.2, 0) is 20.5 Å². The summed E-state index contributed by atoms with van der Waals surface area (Å²) in [5, 5.41) is 9.04. The predicted molar refractivity (Wildman–Crippen MR) is 101 cm³/mol. The quantitative estimate of drug-likeness (QED) is 0.544. The van der Waals surface area contributed by atoms with Gasteiger partial charge in [-0.15, -0.1) is 5.10 Å². The Morgan fingerprint density at radius 3 is 2.59 bits per heavy atom. The average molecular weight is 363 g/mol. The minimum Gasteiger partial charge on any atom is -0.496 e. The molecule has 0 spiro atoms. The van der Waals surface area contributed by atoms with Crippen LogP contribution in [0.5, 0.6) is 5.75 Å². The first-order valence-corrected chi connectivity index (χ1v) is 8.63. The van der Waals surface area contributed by atoms with E-state index in [2.05, 4.69) is 10.1 Å². The molecule has 0 aliphatic carbocycles. The lowest BCUT2D eigenvalue weighted by Gasteiger charge is -2.07. The highest BCUT2D eigenvalue weighted by molar-refractivity contribution is 5.56. The average Bonchev–Trinajstić information content (AvgIpc) is 3.34. The molecule has 138 valence electrons. The van der Waals surface area contributed by atoms with Gasteiger partial charge in [0, 0.05) is 32.1 Å². The molecule has 8 heteroatoms. The van der Waals surface area contributed by atoms with Gasteiger partial charge in [-0.2, -0.15) is 9.78 Å². The summed E-state index contributed by atoms with van der Waals surface area (Å²) in [5.41, 5.74) is 2.86. The van der Waals surface area contributed by atoms with Crippen molar-refractivity contribution >= 4 is 0 Å². The Balaban J connectivity index is 1.85. The number of hydrogen-bond donors (Lipinski definition) is 0. The van der Waals surface area contributed by atoms with Crippen molar-refractivity contribution in [2.75, 3.05) is 7.11 Å². The van der Waals surface area contributed by atoms with Crippen LogP contribution in [0.1, 0.15) is 17.1 Å². The van der Waals surface area contributed by atoms with Gasteiger partial charge < -0.3 is 9.30 Å². The molecule has 0 aliphatic heterocycles. The number of hydrogen-bond acceptors (Lipinski definition) is 5. The van der Waals surface area contributed by atoms with E-state index < -0.39 is 0 Å². The smallest absolute Gasteiger partial charge is 0.183 e. The number of aryl methyl sites for hydroxylation is 3. The molecule has 0 bridgehead atoms. The second-order valence-electron chi connectivity index (χ2n) is 6.35. The Bertz CT molecular complexity index is 1070. The van der Waals surface area contributed by atoms with Crippen molar-refractivity contribution < 1.29 is 4.74 Å². The number of nitrogens with zero attached hydrogens (tertiary/aromatic N) is 7. The number of imidazole rings is 1. The maximum absolute atomic E-state index is 5.47. The lowest BCUT2D eigenvalue weighted by atomic mass is 10.1. The topological polar surface area (TPSA) is 75.6 Å². The molecule has 4 aromatic rings. The molecule has 0 saturated carbocycles. The van der Waals surface area contributed by atoms with Gasteiger partial charge in [-0.25, -0.2) is 9.97 Å². The van der Waals surface area contributed by atoms with Crippen molar-refractivity contribution in [3.63, 3.8) is 0 Å². The molecular weight excluding hydrogens is 342 g/mol. The fourth-order valence-electron chi connectivity index (χ4n) is 3.20. The molecule has 0 unspecified atom stereocenters. The third kappa shape index (κ3) is 2.99. The molecular formula is C19H21N7O. The molecule has 0 saturated heterocycles. The highest BCUT2D eigenvalue weighted by Crippen LogP contribution is 2.25. The molecule has 27 heavy (non-hydrogen) atoms. The normalized spacial score (nSPS) is 11.1. The van der Waals surface area contributed by atoms with Crippen molar-refractivity contribution in [3.05, 3.63) is 59.9 Å². The molecule has 3 aromatic heterocycles. The predicted octanol–water partition coefficient (Wildman–Crippen LogP) is 2.31. The zero-order valence-electron chi connectivity index (χ0n) is 15.8. The van der Waals surface area contributed by atoms with Crippen LogP contribution in [0.15, 0.2) is 42.9 Å². The Kier molecular flexibility index (Phi) is 4.23. The summed E-state index contributed by atoms with van der Waals surface area (Å²) < 4.78 is 11.0. The molecule has 0 aliphatic rings. The fraction of sp³-hybridized carbons (Fsp3) is 0.263. The first-order valence-electron chi connectivity index (χ1n) is 8.63. The molecule has 3 heterocycles. The molecule has 0 N–H and O–H groups in total. The summed E-state index contributed by atoms with van der Waals surface area (Å²) in [7, 11) is 5.51. The van der Waals surface area contributed by atoms with E-state index >= 15 is 0 Å². The Morgan fingerprint density at radius 2 is 1.93 bits per heavy atom. The van der Waals surface area contributed by atoms with Crippen molar-refractivity contribution in [1.82, 2.24) is 34.1 Å². The van der Waals surface area contributed by atoms with Gasteiger partial charge in [-0.05, 0) is 13.0 Å². The standard InChI is InChI=1S/C19H21N7O/c1-13-18(24(2)12-20-13)19-22-16(11-14-7-5-6-8-15(14)27-4)23-26(19)17-9-10-21-25(17)3/h5-10,12H,11H2,1-4H3. The van der Waals surface area contributed by atoms with Gasteiger partial charge in [0.15, 0.2) is 17.5 Å². The highest BCUT2D eigenvalue weighted by atomic mass is 16.5. The van der Waals surface area contributed by atoms with Gasteiger partial charge in [0.1, 0.15) is 11.4 Å². The van der Waals surface area contributed by atoms with E-state index in [0.29, 0.717) is 12.2 Å². The van der Waals surface area contributed by atoms with E-state index in [4.69, 9.17) is 14.8 Å². The second kappa shape index (κ2) is 6.71. The maximum atomic E-state index is 5.47. The van der Waals surface area contributed by atoms with Crippen LogP contribution in [0.3, 0.4) is 0 Å². The van der Waals surface area contributed by atoms with Crippen LogP contribution in [0, 0.1) is 6.92 Å². The maximum Gasteiger partial charge on any atom is 0.183 e. The number of benzene rings is 1. The van der Waals surface area contributed by atoms with Crippen LogP contribution in [0.2, 0.25) is 0 Å². The summed E-state index contributed by atoms with van der Waals surface area (Å²) in [6, 6.07) is 9.82. The first-order chi connectivity index (χ1) is 13.1. The van der Waals surface area contributed by atoms with Gasteiger partial charge in [0.2, 0.25) is 0 Å². The number of methoxy groups -OCH3 is 1. The van der Waals surface area contributed by atoms with Crippen molar-refractivity contribution in [3.8, 4) is 23.1 Å². The fourth-order valence-corrected chi connectivity index (χ4v) is 3.20. The summed E-state index contributed by atoms with van der Waals surface area (Å²) in [5.74, 6) is 3.11. The van der Waals surface area contributed by atoms with Crippen LogP contribution in [0.25, 0.3) is 17.3 Å². The summed E-state index contributed by atoms with van der Waals surface area (Å²) >= 11 is 0. The molecule has 4 rings (SSSR count). The lowest BCUT2D eigenvalue weighted by Crippen LogP contribution is -2.08. The van der Waals surface area contributed by atoms with E-state index in [0.717, 1.165) is 34.3 Å². The van der Waals surface area contributed by atoms with Crippen LogP contribution < -0.4 is 4.74 Å². The van der Waals surface area contributed by atoms with Gasteiger partial charge in [-0.1, -0.05) is 18.2 Å². The largest absolute Gasteiger partial charge is 0.496 e. The number of para-hydroxylation sites is 1. The number of ether oxygens (including phenoxy) is 1. The third-order valence-electron chi connectivity index (χ3n) is 4.54. The monoisotopic (exact) mass is 363 g/mol. The van der Waals surface area contributed by atoms with E-state index in [1.165, 1.54) is 0 Å². The highest BCUT2D eigenvalue weighted by Gasteiger charge is 2.21. The van der Waals surface area contributed by atoms with E-state index in [9.17, 15) is 0 Å². The third-order valence-corrected chi connectivity index (χ3v) is 4.54. The van der Waals surface area contributed by atoms with Gasteiger partial charge in [0.25, 0.3) is 0 Å². The zero-order valence-corrected chi connectivity index (χ0v) is 15.8. The van der Waals surface area contributed by atoms with Crippen molar-refractivity contribution in [2.24, 2.45) is 14.1 Å². The van der Waals surface area contributed by atoms with Crippen LogP contribution in [-0.4, -0.2) is 41.2 Å². The van der Waals surface area contributed by atoms with Gasteiger partial charge >= 0.3 is 0 Å². The van der Waals surface area contributed by atoms with E-state index in [-0.39, 0.29) is 0 Å². The van der Waals surface area contributed by atoms with E-state index in [1.54, 1.807) is 24.3 Å². The lowest BCUT2D eigenvalue weighted by molar-refractivity contribution is 0.410. The number of aromatic nitrogens is 7. The Labute approximate surface area is 157 Å². The van der Waals surface area contributed by atoms with Crippen LogP contribution >= 0.6 is 0 Å². The number of rotatable bonds is 5. The Morgan fingerprint density at radius 1 is 1.11 bits per heavy atom. The minimum atomic E-state index is 0.568. The Hall–Kier alpha value is -3.42. The second-order valence-corrected chi connectivity index (χ2v) is 6.35. The molecule has 0 radical (unpaired) electrons. The molecule has 8 nitrogen and oxygen atoms in total. The molecule has 0 atom stereocenters. The van der Waals surface area contributed by atoms with Crippen LogP contribution in [0.4, 0.5) is 0 Å². The van der Waals surface area contributed by atoms with E-state index in [1.807, 2.05) is 60.6 Å². The van der Waals surface area contributed by atoms with Crippen molar-refractivity contribution in [2.45, 2.75) is 13.3 Å². The molecule has 0 amide bonds. The first kappa shape index (κ1) is 17.0. The van der Waals surface area contributed by atoms with Crippen molar-refractivity contribution in [1.29, 1.82) is 0 Å². The molecule has 0 fully saturated rings. The zero-order chi connectivity index (χ0) is 19.0. The minimum absolute atomic E-state index is 0.568. The summed E-state index contributed by atoms with van der Waals surface area (Å²) in [6.45, 7) is 1.97. The SMILES string of the molecule is COc1ccccc1Cc1nc(-c2c(C)ncn2C)n(-c2ccnn2C)n1. The van der Waals surface area contributed by atoms with Gasteiger partial charge in [0.05, 0.1) is 25.3 Å². The summed E-state index contributed by atoms with van der Waals surface area (Å²) in [4.78, 5) is 9.23. The van der Waals surface area contributed by atoms with Gasteiger partial charge in [-0.3, -0.25) is 4.68 Å².